The maximum atomic E-state index is 12.5. The number of esters is 1. The molecule has 2 N–H and O–H groups in total. The van der Waals surface area contributed by atoms with Crippen LogP contribution in [-0.2, 0) is 14.3 Å². The van der Waals surface area contributed by atoms with Gasteiger partial charge in [0.2, 0.25) is 5.78 Å². The van der Waals surface area contributed by atoms with Crippen molar-refractivity contribution in [3.63, 3.8) is 0 Å². The van der Waals surface area contributed by atoms with E-state index in [4.69, 9.17) is 9.84 Å². The molecule has 2 atom stereocenters. The van der Waals surface area contributed by atoms with Gasteiger partial charge in [-0.2, -0.15) is 0 Å². The number of aryl methyl sites for hydroxylation is 2. The van der Waals surface area contributed by atoms with Crippen molar-refractivity contribution in [2.45, 2.75) is 32.8 Å². The first-order chi connectivity index (χ1) is 9.79. The number of rotatable bonds is 4. The highest BCUT2D eigenvalue weighted by Crippen LogP contribution is 2.32. The van der Waals surface area contributed by atoms with E-state index in [-0.39, 0.29) is 24.2 Å². The van der Waals surface area contributed by atoms with Gasteiger partial charge < -0.3 is 14.9 Å². The number of Topliss-reactive ketones (excluding diaryl/α,β-unsaturated/α-hetero) is 1. The molecular formula is C15H16O6. The molecule has 1 fully saturated rings. The number of carbonyl (C=O) groups is 3. The van der Waals surface area contributed by atoms with E-state index in [0.29, 0.717) is 5.56 Å². The molecule has 1 heterocycles. The zero-order chi connectivity index (χ0) is 15.7. The molecule has 1 aromatic rings. The summed E-state index contributed by atoms with van der Waals surface area (Å²) in [5.74, 6) is -3.12. The van der Waals surface area contributed by atoms with Gasteiger partial charge in [-0.15, -0.1) is 0 Å². The lowest BCUT2D eigenvalue weighted by Crippen LogP contribution is -2.28. The van der Waals surface area contributed by atoms with Gasteiger partial charge in [-0.05, 0) is 31.0 Å². The Bertz CT molecular complexity index is 619. The van der Waals surface area contributed by atoms with Gasteiger partial charge in [0.05, 0.1) is 18.4 Å². The second-order valence-corrected chi connectivity index (χ2v) is 5.31. The standard InChI is InChI=1S/C15H16O6/c1-7-3-8(2)13(19)10(4-7)14(20)15-9(5-11(16)17)6-12(18)21-15/h3-4,9,15,19H,5-6H2,1-2H3,(H,16,17). The second kappa shape index (κ2) is 5.55. The Kier molecular flexibility index (Phi) is 3.97. The number of ketones is 1. The molecule has 0 aromatic heterocycles. The zero-order valence-corrected chi connectivity index (χ0v) is 11.8. The molecule has 1 aromatic carbocycles. The molecule has 0 radical (unpaired) electrons. The quantitative estimate of drug-likeness (QED) is 0.645. The van der Waals surface area contributed by atoms with Crippen molar-refractivity contribution >= 4 is 17.7 Å². The van der Waals surface area contributed by atoms with Crippen molar-refractivity contribution in [2.75, 3.05) is 0 Å². The summed E-state index contributed by atoms with van der Waals surface area (Å²) in [6.45, 7) is 3.44. The van der Waals surface area contributed by atoms with E-state index in [9.17, 15) is 19.5 Å². The number of hydrogen-bond acceptors (Lipinski definition) is 5. The molecule has 21 heavy (non-hydrogen) atoms. The number of phenols is 1. The Hall–Kier alpha value is -2.37. The van der Waals surface area contributed by atoms with Crippen LogP contribution in [0.25, 0.3) is 0 Å². The van der Waals surface area contributed by atoms with E-state index in [1.165, 1.54) is 6.07 Å². The highest BCUT2D eigenvalue weighted by atomic mass is 16.6. The lowest BCUT2D eigenvalue weighted by atomic mass is 9.90. The molecule has 2 rings (SSSR count). The highest BCUT2D eigenvalue weighted by molar-refractivity contribution is 6.04. The van der Waals surface area contributed by atoms with Crippen molar-refractivity contribution in [3.05, 3.63) is 28.8 Å². The Labute approximate surface area is 121 Å². The van der Waals surface area contributed by atoms with Gasteiger partial charge in [0.15, 0.2) is 6.10 Å². The molecule has 6 heteroatoms. The van der Waals surface area contributed by atoms with Gasteiger partial charge in [-0.1, -0.05) is 6.07 Å². The predicted molar refractivity (Wildman–Crippen MR) is 72.2 cm³/mol. The molecule has 0 amide bonds. The molecule has 0 spiro atoms. The fourth-order valence-electron chi connectivity index (χ4n) is 2.58. The molecular weight excluding hydrogens is 276 g/mol. The minimum absolute atomic E-state index is 0.0580. The number of carboxylic acid groups (broad SMARTS) is 1. The van der Waals surface area contributed by atoms with E-state index in [1.54, 1.807) is 19.9 Å². The Morgan fingerprint density at radius 3 is 2.62 bits per heavy atom. The average molecular weight is 292 g/mol. The molecule has 0 bridgehead atoms. The zero-order valence-electron chi connectivity index (χ0n) is 11.8. The number of benzene rings is 1. The number of carbonyl (C=O) groups excluding carboxylic acids is 2. The summed E-state index contributed by atoms with van der Waals surface area (Å²) >= 11 is 0. The summed E-state index contributed by atoms with van der Waals surface area (Å²) < 4.78 is 4.96. The topological polar surface area (TPSA) is 101 Å². The second-order valence-electron chi connectivity index (χ2n) is 5.31. The summed E-state index contributed by atoms with van der Waals surface area (Å²) in [6, 6.07) is 3.23. The van der Waals surface area contributed by atoms with E-state index in [2.05, 4.69) is 0 Å². The monoisotopic (exact) mass is 292 g/mol. The smallest absolute Gasteiger partial charge is 0.306 e. The van der Waals surface area contributed by atoms with E-state index in [1.807, 2.05) is 0 Å². The minimum Gasteiger partial charge on any atom is -0.507 e. The number of hydrogen-bond donors (Lipinski definition) is 2. The molecule has 0 aliphatic carbocycles. The summed E-state index contributed by atoms with van der Waals surface area (Å²) in [5, 5.41) is 18.9. The van der Waals surface area contributed by atoms with Gasteiger partial charge in [0, 0.05) is 5.92 Å². The third-order valence-electron chi connectivity index (χ3n) is 3.52. The maximum Gasteiger partial charge on any atom is 0.306 e. The molecule has 1 saturated heterocycles. The summed E-state index contributed by atoms with van der Waals surface area (Å²) in [7, 11) is 0. The fourth-order valence-corrected chi connectivity index (χ4v) is 2.58. The molecule has 6 nitrogen and oxygen atoms in total. The number of phenolic OH excluding ortho intramolecular Hbond substituents is 1. The molecule has 1 aliphatic rings. The first-order valence-electron chi connectivity index (χ1n) is 6.55. The van der Waals surface area contributed by atoms with Gasteiger partial charge in [0.1, 0.15) is 5.75 Å². The molecule has 2 unspecified atom stereocenters. The lowest BCUT2D eigenvalue weighted by molar-refractivity contribution is -0.141. The molecule has 1 aliphatic heterocycles. The number of cyclic esters (lactones) is 1. The Balaban J connectivity index is 2.34. The first kappa shape index (κ1) is 15.0. The van der Waals surface area contributed by atoms with Crippen molar-refractivity contribution < 1.29 is 29.3 Å². The predicted octanol–water partition coefficient (Wildman–Crippen LogP) is 1.60. The summed E-state index contributed by atoms with van der Waals surface area (Å²) in [5.41, 5.74) is 1.38. The highest BCUT2D eigenvalue weighted by Gasteiger charge is 2.42. The van der Waals surface area contributed by atoms with Gasteiger partial charge in [-0.3, -0.25) is 14.4 Å². The fraction of sp³-hybridized carbons (Fsp3) is 0.400. The number of ether oxygens (including phenoxy) is 1. The van der Waals surface area contributed by atoms with E-state index in [0.717, 1.165) is 5.56 Å². The van der Waals surface area contributed by atoms with Crippen LogP contribution in [-0.4, -0.2) is 34.0 Å². The van der Waals surface area contributed by atoms with Gasteiger partial charge in [-0.25, -0.2) is 0 Å². The van der Waals surface area contributed by atoms with Crippen LogP contribution >= 0.6 is 0 Å². The Morgan fingerprint density at radius 2 is 2.00 bits per heavy atom. The summed E-state index contributed by atoms with van der Waals surface area (Å²) in [4.78, 5) is 34.7. The van der Waals surface area contributed by atoms with E-state index < -0.39 is 29.7 Å². The lowest BCUT2D eigenvalue weighted by Gasteiger charge is -2.16. The van der Waals surface area contributed by atoms with Crippen LogP contribution in [0.5, 0.6) is 5.75 Å². The first-order valence-corrected chi connectivity index (χ1v) is 6.55. The van der Waals surface area contributed by atoms with Crippen LogP contribution in [0.3, 0.4) is 0 Å². The normalized spacial score (nSPS) is 21.1. The van der Waals surface area contributed by atoms with Crippen LogP contribution in [0, 0.1) is 19.8 Å². The van der Waals surface area contributed by atoms with Crippen LogP contribution in [0.2, 0.25) is 0 Å². The molecule has 112 valence electrons. The van der Waals surface area contributed by atoms with Crippen molar-refractivity contribution in [2.24, 2.45) is 5.92 Å². The minimum atomic E-state index is -1.15. The third-order valence-corrected chi connectivity index (χ3v) is 3.52. The average Bonchev–Trinajstić information content (AvgIpc) is 2.73. The van der Waals surface area contributed by atoms with Crippen molar-refractivity contribution in [1.82, 2.24) is 0 Å². The maximum absolute atomic E-state index is 12.5. The van der Waals surface area contributed by atoms with Crippen LogP contribution in [0.1, 0.15) is 34.3 Å². The van der Waals surface area contributed by atoms with Gasteiger partial charge >= 0.3 is 11.9 Å². The van der Waals surface area contributed by atoms with Crippen LogP contribution in [0.15, 0.2) is 12.1 Å². The third kappa shape index (κ3) is 3.04. The molecule has 0 saturated carbocycles. The van der Waals surface area contributed by atoms with Crippen LogP contribution < -0.4 is 0 Å². The van der Waals surface area contributed by atoms with Crippen molar-refractivity contribution in [1.29, 1.82) is 0 Å². The van der Waals surface area contributed by atoms with E-state index >= 15 is 0 Å². The number of carboxylic acids is 1. The SMILES string of the molecule is Cc1cc(C)c(O)c(C(=O)C2OC(=O)CC2CC(=O)O)c1. The van der Waals surface area contributed by atoms with Gasteiger partial charge in [0.25, 0.3) is 0 Å². The number of aromatic hydroxyl groups is 1. The van der Waals surface area contributed by atoms with Crippen molar-refractivity contribution in [3.8, 4) is 5.75 Å². The largest absolute Gasteiger partial charge is 0.507 e. The summed E-state index contributed by atoms with van der Waals surface area (Å²) in [6.07, 6.45) is -1.58. The number of aliphatic carboxylic acids is 1. The Morgan fingerprint density at radius 1 is 1.33 bits per heavy atom. The van der Waals surface area contributed by atoms with Crippen LogP contribution in [0.4, 0.5) is 0 Å².